The Morgan fingerprint density at radius 2 is 2.27 bits per heavy atom. The average molecular weight is 306 g/mol. The van der Waals surface area contributed by atoms with Crippen LogP contribution in [0.4, 0.5) is 0 Å². The number of hydroxylamine groups is 1. The summed E-state index contributed by atoms with van der Waals surface area (Å²) < 4.78 is 5.08. The third kappa shape index (κ3) is 2.75. The Bertz CT molecular complexity index is 614. The standard InChI is InChI=1S/C15H18N2O5/c1-3-4-9-7-10(8-12(22-2)13(9)18)15(20)17-6-5-11(17)14(19)16-21/h3,7-8,11,18,21H,1,4-6H2,2H3,(H,16,19). The van der Waals surface area contributed by atoms with Crippen LogP contribution in [-0.2, 0) is 11.2 Å². The minimum absolute atomic E-state index is 0.0350. The first-order chi connectivity index (χ1) is 10.5. The van der Waals surface area contributed by atoms with Crippen LogP contribution in [0.15, 0.2) is 24.8 Å². The van der Waals surface area contributed by atoms with Gasteiger partial charge in [0.25, 0.3) is 11.8 Å². The number of allylic oxidation sites excluding steroid dienone is 1. The van der Waals surface area contributed by atoms with Crippen molar-refractivity contribution in [2.75, 3.05) is 13.7 Å². The maximum absolute atomic E-state index is 12.5. The van der Waals surface area contributed by atoms with E-state index in [1.807, 2.05) is 0 Å². The number of nitrogens with one attached hydrogen (secondary N) is 1. The SMILES string of the molecule is C=CCc1cc(C(=O)N2CCC2C(=O)NO)cc(OC)c1O. The van der Waals surface area contributed by atoms with Crippen LogP contribution in [0.3, 0.4) is 0 Å². The molecule has 0 aliphatic carbocycles. The van der Waals surface area contributed by atoms with E-state index < -0.39 is 11.9 Å². The minimum atomic E-state index is -0.680. The zero-order valence-electron chi connectivity index (χ0n) is 12.2. The maximum Gasteiger partial charge on any atom is 0.266 e. The number of benzene rings is 1. The molecular formula is C15H18N2O5. The van der Waals surface area contributed by atoms with Crippen molar-refractivity contribution in [3.63, 3.8) is 0 Å². The van der Waals surface area contributed by atoms with E-state index >= 15 is 0 Å². The van der Waals surface area contributed by atoms with Crippen LogP contribution in [0.5, 0.6) is 11.5 Å². The number of carbonyl (C=O) groups excluding carboxylic acids is 2. The van der Waals surface area contributed by atoms with Gasteiger partial charge in [-0.1, -0.05) is 6.08 Å². The third-order valence-corrected chi connectivity index (χ3v) is 3.68. The Morgan fingerprint density at radius 1 is 1.55 bits per heavy atom. The van der Waals surface area contributed by atoms with Crippen LogP contribution in [0, 0.1) is 0 Å². The molecule has 0 spiro atoms. The van der Waals surface area contributed by atoms with Gasteiger partial charge in [0.05, 0.1) is 7.11 Å². The van der Waals surface area contributed by atoms with Crippen molar-refractivity contribution in [1.29, 1.82) is 0 Å². The van der Waals surface area contributed by atoms with E-state index in [2.05, 4.69) is 6.58 Å². The van der Waals surface area contributed by atoms with Gasteiger partial charge in [-0.05, 0) is 25.0 Å². The van der Waals surface area contributed by atoms with Gasteiger partial charge in [-0.2, -0.15) is 0 Å². The quantitative estimate of drug-likeness (QED) is 0.425. The predicted molar refractivity (Wildman–Crippen MR) is 77.9 cm³/mol. The van der Waals surface area contributed by atoms with Gasteiger partial charge in [-0.25, -0.2) is 5.48 Å². The number of ether oxygens (including phenoxy) is 1. The fourth-order valence-corrected chi connectivity index (χ4v) is 2.40. The molecule has 22 heavy (non-hydrogen) atoms. The lowest BCUT2D eigenvalue weighted by molar-refractivity contribution is -0.137. The molecule has 1 unspecified atom stereocenters. The Hall–Kier alpha value is -2.54. The van der Waals surface area contributed by atoms with E-state index in [9.17, 15) is 14.7 Å². The van der Waals surface area contributed by atoms with Crippen molar-refractivity contribution in [1.82, 2.24) is 10.4 Å². The van der Waals surface area contributed by atoms with E-state index in [1.165, 1.54) is 18.1 Å². The molecule has 1 aromatic carbocycles. The molecule has 1 atom stereocenters. The van der Waals surface area contributed by atoms with Gasteiger partial charge < -0.3 is 14.7 Å². The monoisotopic (exact) mass is 306 g/mol. The smallest absolute Gasteiger partial charge is 0.266 e. The number of hydrogen-bond donors (Lipinski definition) is 3. The van der Waals surface area contributed by atoms with Gasteiger partial charge in [0, 0.05) is 17.7 Å². The van der Waals surface area contributed by atoms with E-state index in [1.54, 1.807) is 17.6 Å². The second-order valence-electron chi connectivity index (χ2n) is 4.96. The lowest BCUT2D eigenvalue weighted by Gasteiger charge is -2.39. The number of phenols is 1. The van der Waals surface area contributed by atoms with Gasteiger partial charge in [-0.3, -0.25) is 14.8 Å². The lowest BCUT2D eigenvalue weighted by Crippen LogP contribution is -2.57. The highest BCUT2D eigenvalue weighted by Crippen LogP contribution is 2.33. The Morgan fingerprint density at radius 3 is 2.77 bits per heavy atom. The molecule has 0 saturated carbocycles. The van der Waals surface area contributed by atoms with Crippen molar-refractivity contribution < 1.29 is 24.6 Å². The normalized spacial score (nSPS) is 16.6. The van der Waals surface area contributed by atoms with Gasteiger partial charge in [0.2, 0.25) is 0 Å². The number of methoxy groups -OCH3 is 1. The van der Waals surface area contributed by atoms with Crippen LogP contribution >= 0.6 is 0 Å². The molecule has 3 N–H and O–H groups in total. The van der Waals surface area contributed by atoms with Crippen LogP contribution in [0.1, 0.15) is 22.3 Å². The van der Waals surface area contributed by atoms with E-state index in [0.717, 1.165) is 0 Å². The molecule has 7 nitrogen and oxygen atoms in total. The number of phenolic OH excluding ortho intramolecular Hbond substituents is 1. The molecule has 1 aliphatic rings. The summed E-state index contributed by atoms with van der Waals surface area (Å²) in [6.45, 7) is 4.04. The molecule has 0 radical (unpaired) electrons. The van der Waals surface area contributed by atoms with E-state index in [4.69, 9.17) is 9.94 Å². The Kier molecular flexibility index (Phi) is 4.67. The first kappa shape index (κ1) is 15.8. The summed E-state index contributed by atoms with van der Waals surface area (Å²) in [5.41, 5.74) is 2.38. The van der Waals surface area contributed by atoms with Crippen LogP contribution in [0.25, 0.3) is 0 Å². The number of hydrogen-bond acceptors (Lipinski definition) is 5. The van der Waals surface area contributed by atoms with E-state index in [0.29, 0.717) is 30.5 Å². The summed E-state index contributed by atoms with van der Waals surface area (Å²) in [5, 5.41) is 18.7. The van der Waals surface area contributed by atoms with Gasteiger partial charge in [-0.15, -0.1) is 6.58 Å². The summed E-state index contributed by atoms with van der Waals surface area (Å²) in [5.74, 6) is -0.821. The Labute approximate surface area is 127 Å². The molecular weight excluding hydrogens is 288 g/mol. The summed E-state index contributed by atoms with van der Waals surface area (Å²) in [4.78, 5) is 25.3. The van der Waals surface area contributed by atoms with Crippen molar-refractivity contribution in [2.45, 2.75) is 18.9 Å². The summed E-state index contributed by atoms with van der Waals surface area (Å²) in [6, 6.07) is 2.30. The van der Waals surface area contributed by atoms with Crippen LogP contribution < -0.4 is 10.2 Å². The molecule has 1 aromatic rings. The van der Waals surface area contributed by atoms with Crippen molar-refractivity contribution >= 4 is 11.8 Å². The highest BCUT2D eigenvalue weighted by Gasteiger charge is 2.38. The van der Waals surface area contributed by atoms with Gasteiger partial charge >= 0.3 is 0 Å². The molecule has 118 valence electrons. The zero-order valence-corrected chi connectivity index (χ0v) is 12.2. The number of nitrogens with zero attached hydrogens (tertiary/aromatic N) is 1. The van der Waals surface area contributed by atoms with Crippen molar-refractivity contribution in [3.8, 4) is 11.5 Å². The first-order valence-corrected chi connectivity index (χ1v) is 6.79. The maximum atomic E-state index is 12.5. The number of carbonyl (C=O) groups is 2. The van der Waals surface area contributed by atoms with Crippen molar-refractivity contribution in [3.05, 3.63) is 35.9 Å². The molecule has 2 amide bonds. The molecule has 2 rings (SSSR count). The Balaban J connectivity index is 2.31. The molecule has 7 heteroatoms. The second-order valence-corrected chi connectivity index (χ2v) is 4.96. The number of aromatic hydroxyl groups is 1. The highest BCUT2D eigenvalue weighted by atomic mass is 16.5. The first-order valence-electron chi connectivity index (χ1n) is 6.79. The minimum Gasteiger partial charge on any atom is -0.504 e. The summed E-state index contributed by atoms with van der Waals surface area (Å²) in [6.07, 6.45) is 2.48. The van der Waals surface area contributed by atoms with Gasteiger partial charge in [0.15, 0.2) is 11.5 Å². The molecule has 0 bridgehead atoms. The fraction of sp³-hybridized carbons (Fsp3) is 0.333. The third-order valence-electron chi connectivity index (χ3n) is 3.68. The molecule has 1 aliphatic heterocycles. The van der Waals surface area contributed by atoms with Crippen LogP contribution in [-0.4, -0.2) is 46.7 Å². The summed E-state index contributed by atoms with van der Waals surface area (Å²) in [7, 11) is 1.40. The van der Waals surface area contributed by atoms with Crippen molar-refractivity contribution in [2.24, 2.45) is 0 Å². The molecule has 1 saturated heterocycles. The van der Waals surface area contributed by atoms with Gasteiger partial charge in [0.1, 0.15) is 6.04 Å². The molecule has 1 heterocycles. The number of likely N-dealkylation sites (tertiary alicyclic amines) is 1. The lowest BCUT2D eigenvalue weighted by atomic mass is 9.98. The second kappa shape index (κ2) is 6.48. The topological polar surface area (TPSA) is 99.1 Å². The number of rotatable bonds is 5. The van der Waals surface area contributed by atoms with E-state index in [-0.39, 0.29) is 17.4 Å². The molecule has 0 aromatic heterocycles. The van der Waals surface area contributed by atoms with Crippen LogP contribution in [0.2, 0.25) is 0 Å². The highest BCUT2D eigenvalue weighted by molar-refractivity contribution is 5.99. The zero-order chi connectivity index (χ0) is 16.3. The number of amides is 2. The average Bonchev–Trinajstić information content (AvgIpc) is 2.48. The molecule has 1 fully saturated rings. The predicted octanol–water partition coefficient (Wildman–Crippen LogP) is 0.849. The fourth-order valence-electron chi connectivity index (χ4n) is 2.40. The largest absolute Gasteiger partial charge is 0.504 e. The summed E-state index contributed by atoms with van der Waals surface area (Å²) >= 11 is 0.